The smallest absolute Gasteiger partial charge is 0.0881 e. The van der Waals surface area contributed by atoms with E-state index in [1.165, 1.54) is 27.7 Å². The van der Waals surface area contributed by atoms with Crippen molar-refractivity contribution in [1.29, 1.82) is 0 Å². The van der Waals surface area contributed by atoms with Gasteiger partial charge in [-0.1, -0.05) is 85.1 Å². The fraction of sp³-hybridized carbons (Fsp3) is 0.0526. The number of rotatable bonds is 3. The van der Waals surface area contributed by atoms with Gasteiger partial charge in [-0.25, -0.2) is 0 Å². The molecule has 0 aliphatic heterocycles. The third-order valence-electron chi connectivity index (χ3n) is 3.55. The normalized spacial score (nSPS) is 10.2. The summed E-state index contributed by atoms with van der Waals surface area (Å²) in [4.78, 5) is 0. The molecule has 0 amide bonds. The summed E-state index contributed by atoms with van der Waals surface area (Å²) in [7, 11) is 2.12. The van der Waals surface area contributed by atoms with Crippen LogP contribution in [0.4, 0.5) is 0 Å². The van der Waals surface area contributed by atoms with Crippen LogP contribution in [0, 0.1) is 0 Å². The third kappa shape index (κ3) is 2.67. The summed E-state index contributed by atoms with van der Waals surface area (Å²) < 4.78 is 0. The summed E-state index contributed by atoms with van der Waals surface area (Å²) in [5.74, 6) is 0. The SMILES string of the molecule is C[B]c1ccc(-c2cccc(-c3ccccc3)c2)cc1. The van der Waals surface area contributed by atoms with E-state index in [4.69, 9.17) is 0 Å². The molecule has 0 spiro atoms. The van der Waals surface area contributed by atoms with E-state index in [9.17, 15) is 0 Å². The van der Waals surface area contributed by atoms with Gasteiger partial charge in [0.25, 0.3) is 0 Å². The first-order chi connectivity index (χ1) is 9.86. The molecule has 1 radical (unpaired) electrons. The highest BCUT2D eigenvalue weighted by molar-refractivity contribution is 6.51. The molecule has 1 heteroatoms. The topological polar surface area (TPSA) is 0 Å². The molecule has 0 aliphatic carbocycles. The van der Waals surface area contributed by atoms with Crippen LogP contribution in [0.3, 0.4) is 0 Å². The molecule has 3 aromatic rings. The van der Waals surface area contributed by atoms with Crippen LogP contribution in [0.2, 0.25) is 6.82 Å². The van der Waals surface area contributed by atoms with Crippen LogP contribution in [-0.2, 0) is 0 Å². The van der Waals surface area contributed by atoms with E-state index < -0.39 is 0 Å². The van der Waals surface area contributed by atoms with Crippen molar-refractivity contribution < 1.29 is 0 Å². The van der Waals surface area contributed by atoms with Gasteiger partial charge in [0.2, 0.25) is 0 Å². The fourth-order valence-corrected chi connectivity index (χ4v) is 2.38. The zero-order valence-electron chi connectivity index (χ0n) is 11.6. The molecule has 0 aliphatic rings. The minimum Gasteiger partial charge on any atom is -0.0881 e. The van der Waals surface area contributed by atoms with Crippen molar-refractivity contribution >= 4 is 12.7 Å². The molecule has 0 saturated carbocycles. The summed E-state index contributed by atoms with van der Waals surface area (Å²) >= 11 is 0. The number of hydrogen-bond acceptors (Lipinski definition) is 0. The van der Waals surface area contributed by atoms with Crippen LogP contribution in [0.1, 0.15) is 0 Å². The van der Waals surface area contributed by atoms with E-state index in [0.29, 0.717) is 0 Å². The van der Waals surface area contributed by atoms with Gasteiger partial charge >= 0.3 is 0 Å². The van der Waals surface area contributed by atoms with Gasteiger partial charge in [-0.15, -0.1) is 0 Å². The van der Waals surface area contributed by atoms with Crippen molar-refractivity contribution in [2.24, 2.45) is 0 Å². The van der Waals surface area contributed by atoms with Gasteiger partial charge in [-0.2, -0.15) is 0 Å². The molecule has 3 rings (SSSR count). The van der Waals surface area contributed by atoms with Crippen molar-refractivity contribution in [1.82, 2.24) is 0 Å². The minimum absolute atomic E-state index is 1.26. The maximum absolute atomic E-state index is 2.25. The molecule has 0 atom stereocenters. The Bertz CT molecular complexity index is 684. The van der Waals surface area contributed by atoms with Crippen LogP contribution in [-0.4, -0.2) is 7.28 Å². The zero-order valence-corrected chi connectivity index (χ0v) is 11.6. The average molecular weight is 255 g/mol. The van der Waals surface area contributed by atoms with Gasteiger partial charge in [-0.3, -0.25) is 0 Å². The minimum atomic E-state index is 1.26. The summed E-state index contributed by atoms with van der Waals surface area (Å²) in [6.45, 7) is 2.06. The molecule has 20 heavy (non-hydrogen) atoms. The van der Waals surface area contributed by atoms with Crippen molar-refractivity contribution in [3.63, 3.8) is 0 Å². The molecule has 0 nitrogen and oxygen atoms in total. The average Bonchev–Trinajstić information content (AvgIpc) is 2.56. The molecular weight excluding hydrogens is 239 g/mol. The van der Waals surface area contributed by atoms with E-state index in [-0.39, 0.29) is 0 Å². The maximum Gasteiger partial charge on any atom is 0.148 e. The molecule has 0 fully saturated rings. The monoisotopic (exact) mass is 255 g/mol. The Morgan fingerprint density at radius 2 is 1.10 bits per heavy atom. The van der Waals surface area contributed by atoms with Crippen molar-refractivity contribution in [3.05, 3.63) is 78.9 Å². The predicted molar refractivity (Wildman–Crippen MR) is 88.6 cm³/mol. The largest absolute Gasteiger partial charge is 0.148 e. The molecule has 0 unspecified atom stereocenters. The molecule has 3 aromatic carbocycles. The summed E-state index contributed by atoms with van der Waals surface area (Å²) in [6, 6.07) is 27.9. The second-order valence-electron chi connectivity index (χ2n) is 4.86. The first-order valence-corrected chi connectivity index (χ1v) is 6.92. The molecular formula is C19H16B. The Morgan fingerprint density at radius 3 is 1.70 bits per heavy atom. The molecule has 0 aromatic heterocycles. The van der Waals surface area contributed by atoms with Crippen LogP contribution in [0.25, 0.3) is 22.3 Å². The van der Waals surface area contributed by atoms with Gasteiger partial charge in [-0.05, 0) is 28.3 Å². The van der Waals surface area contributed by atoms with Crippen LogP contribution in [0.5, 0.6) is 0 Å². The number of benzene rings is 3. The van der Waals surface area contributed by atoms with Crippen LogP contribution >= 0.6 is 0 Å². The Hall–Kier alpha value is -2.28. The van der Waals surface area contributed by atoms with Gasteiger partial charge in [0.15, 0.2) is 0 Å². The lowest BCUT2D eigenvalue weighted by Crippen LogP contribution is -2.08. The van der Waals surface area contributed by atoms with Crippen molar-refractivity contribution in [3.8, 4) is 22.3 Å². The Balaban J connectivity index is 1.98. The lowest BCUT2D eigenvalue weighted by molar-refractivity contribution is 1.59. The van der Waals surface area contributed by atoms with Crippen molar-refractivity contribution in [2.75, 3.05) is 0 Å². The summed E-state index contributed by atoms with van der Waals surface area (Å²) in [6.07, 6.45) is 0. The first kappa shape index (κ1) is 12.7. The first-order valence-electron chi connectivity index (χ1n) is 6.92. The van der Waals surface area contributed by atoms with Gasteiger partial charge in [0.05, 0.1) is 0 Å². The molecule has 0 saturated heterocycles. The Labute approximate surface area is 121 Å². The highest BCUT2D eigenvalue weighted by Gasteiger charge is 2.01. The highest BCUT2D eigenvalue weighted by Crippen LogP contribution is 2.25. The molecule has 0 heterocycles. The molecule has 95 valence electrons. The quantitative estimate of drug-likeness (QED) is 0.608. The van der Waals surface area contributed by atoms with Gasteiger partial charge in [0.1, 0.15) is 7.28 Å². The second-order valence-corrected chi connectivity index (χ2v) is 4.86. The lowest BCUT2D eigenvalue weighted by Gasteiger charge is -2.07. The van der Waals surface area contributed by atoms with Crippen LogP contribution in [0.15, 0.2) is 78.9 Å². The van der Waals surface area contributed by atoms with Gasteiger partial charge < -0.3 is 0 Å². The lowest BCUT2D eigenvalue weighted by atomic mass is 9.73. The fourth-order valence-electron chi connectivity index (χ4n) is 2.38. The highest BCUT2D eigenvalue weighted by atomic mass is 14.0. The molecule has 0 N–H and O–H groups in total. The standard InChI is InChI=1S/C19H16B/c1-20-19-12-10-16(11-13-19)18-9-5-8-17(14-18)15-6-3-2-4-7-15/h2-14H,1H3. The van der Waals surface area contributed by atoms with E-state index in [0.717, 1.165) is 0 Å². The van der Waals surface area contributed by atoms with Crippen molar-refractivity contribution in [2.45, 2.75) is 6.82 Å². The van der Waals surface area contributed by atoms with E-state index in [1.54, 1.807) is 0 Å². The van der Waals surface area contributed by atoms with Gasteiger partial charge in [0, 0.05) is 0 Å². The second kappa shape index (κ2) is 5.79. The van der Waals surface area contributed by atoms with E-state index in [1.807, 2.05) is 6.07 Å². The van der Waals surface area contributed by atoms with Crippen LogP contribution < -0.4 is 5.46 Å². The Morgan fingerprint density at radius 1 is 0.550 bits per heavy atom. The number of hydrogen-bond donors (Lipinski definition) is 0. The predicted octanol–water partition coefficient (Wildman–Crippen LogP) is 4.40. The maximum atomic E-state index is 2.25. The van der Waals surface area contributed by atoms with E-state index >= 15 is 0 Å². The Kier molecular flexibility index (Phi) is 3.69. The third-order valence-corrected chi connectivity index (χ3v) is 3.55. The van der Waals surface area contributed by atoms with E-state index in [2.05, 4.69) is 86.9 Å². The zero-order chi connectivity index (χ0) is 13.8. The summed E-state index contributed by atoms with van der Waals surface area (Å²) in [5.41, 5.74) is 6.29. The summed E-state index contributed by atoms with van der Waals surface area (Å²) in [5, 5.41) is 0. The molecule has 0 bridgehead atoms.